The molecule has 1 N–H and O–H groups in total. The lowest BCUT2D eigenvalue weighted by atomic mass is 9.47. The molecule has 0 aromatic carbocycles. The molecule has 9 atom stereocenters. The van der Waals surface area contributed by atoms with Gasteiger partial charge in [0.1, 0.15) is 0 Å². The minimum Gasteiger partial charge on any atom is -0.393 e. The van der Waals surface area contributed by atoms with Crippen molar-refractivity contribution in [1.29, 1.82) is 0 Å². The van der Waals surface area contributed by atoms with Crippen LogP contribution >= 0.6 is 0 Å². The quantitative estimate of drug-likeness (QED) is 0.460. The van der Waals surface area contributed by atoms with E-state index in [0.717, 1.165) is 37.0 Å². The van der Waals surface area contributed by atoms with Crippen LogP contribution in [0.1, 0.15) is 92.4 Å². The van der Waals surface area contributed by atoms with E-state index in [2.05, 4.69) is 59.4 Å². The van der Waals surface area contributed by atoms with Gasteiger partial charge in [-0.2, -0.15) is 0 Å². The van der Waals surface area contributed by atoms with E-state index in [1.165, 1.54) is 44.1 Å². The van der Waals surface area contributed by atoms with Crippen molar-refractivity contribution in [3.05, 3.63) is 36.0 Å². The fourth-order valence-electron chi connectivity index (χ4n) is 8.49. The summed E-state index contributed by atoms with van der Waals surface area (Å²) < 4.78 is 0. The molecule has 1 nitrogen and oxygen atoms in total. The second-order valence-electron chi connectivity index (χ2n) is 12.0. The Hall–Kier alpha value is -0.820. The molecule has 3 saturated carbocycles. The van der Waals surface area contributed by atoms with Gasteiger partial charge in [0.15, 0.2) is 0 Å². The minimum atomic E-state index is -0.0541. The molecule has 168 valence electrons. The minimum absolute atomic E-state index is 0.0541. The third-order valence-corrected chi connectivity index (χ3v) is 10.5. The largest absolute Gasteiger partial charge is 0.393 e. The molecule has 0 spiro atoms. The summed E-state index contributed by atoms with van der Waals surface area (Å²) in [5, 5.41) is 10.3. The summed E-state index contributed by atoms with van der Waals surface area (Å²) >= 11 is 0. The van der Waals surface area contributed by atoms with Crippen LogP contribution in [0.3, 0.4) is 0 Å². The van der Waals surface area contributed by atoms with Crippen molar-refractivity contribution in [3.63, 3.8) is 0 Å². The van der Waals surface area contributed by atoms with Crippen LogP contribution in [0.2, 0.25) is 0 Å². The second-order valence-corrected chi connectivity index (χ2v) is 12.0. The molecule has 4 rings (SSSR count). The maximum atomic E-state index is 10.3. The Kier molecular flexibility index (Phi) is 6.17. The first-order valence-corrected chi connectivity index (χ1v) is 12.9. The highest BCUT2D eigenvalue weighted by Crippen LogP contribution is 2.66. The molecule has 0 radical (unpaired) electrons. The average Bonchev–Trinajstić information content (AvgIpc) is 3.06. The highest BCUT2D eigenvalue weighted by Gasteiger charge is 2.57. The van der Waals surface area contributed by atoms with Crippen LogP contribution in [0.4, 0.5) is 0 Å². The van der Waals surface area contributed by atoms with Crippen LogP contribution in [0.15, 0.2) is 36.0 Å². The number of hydrogen-bond donors (Lipinski definition) is 1. The normalized spacial score (nSPS) is 45.3. The Morgan fingerprint density at radius 2 is 1.83 bits per heavy atom. The van der Waals surface area contributed by atoms with Crippen molar-refractivity contribution in [2.45, 2.75) is 98.5 Å². The lowest BCUT2D eigenvalue weighted by molar-refractivity contribution is -0.0414. The van der Waals surface area contributed by atoms with Crippen molar-refractivity contribution < 1.29 is 5.11 Å². The molecule has 3 fully saturated rings. The van der Waals surface area contributed by atoms with Crippen molar-refractivity contribution in [2.24, 2.45) is 46.3 Å². The molecule has 2 unspecified atom stereocenters. The number of rotatable bonds is 5. The number of hydrogen-bond acceptors (Lipinski definition) is 1. The molecule has 4 aliphatic carbocycles. The van der Waals surface area contributed by atoms with E-state index >= 15 is 0 Å². The lowest BCUT2D eigenvalue weighted by Crippen LogP contribution is -2.49. The lowest BCUT2D eigenvalue weighted by Gasteiger charge is -2.57. The van der Waals surface area contributed by atoms with Crippen molar-refractivity contribution in [3.8, 4) is 0 Å². The monoisotopic (exact) mass is 410 g/mol. The summed E-state index contributed by atoms with van der Waals surface area (Å²) in [6, 6.07) is 0. The van der Waals surface area contributed by atoms with Crippen molar-refractivity contribution in [2.75, 3.05) is 0 Å². The fourth-order valence-corrected chi connectivity index (χ4v) is 8.49. The van der Waals surface area contributed by atoms with E-state index in [1.54, 1.807) is 0 Å². The van der Waals surface area contributed by atoms with E-state index in [9.17, 15) is 5.11 Å². The van der Waals surface area contributed by atoms with Gasteiger partial charge in [0.05, 0.1) is 6.10 Å². The second kappa shape index (κ2) is 8.27. The predicted molar refractivity (Wildman–Crippen MR) is 128 cm³/mol. The average molecular weight is 411 g/mol. The van der Waals surface area contributed by atoms with Gasteiger partial charge in [-0.1, -0.05) is 63.6 Å². The summed E-state index contributed by atoms with van der Waals surface area (Å²) in [7, 11) is 0. The zero-order valence-corrected chi connectivity index (χ0v) is 20.3. The highest BCUT2D eigenvalue weighted by molar-refractivity contribution is 5.28. The highest BCUT2D eigenvalue weighted by atomic mass is 16.3. The summed E-state index contributed by atoms with van der Waals surface area (Å²) in [5.74, 6) is 4.27. The van der Waals surface area contributed by atoms with Gasteiger partial charge in [0.2, 0.25) is 0 Å². The Balaban J connectivity index is 1.54. The predicted octanol–water partition coefficient (Wildman–Crippen LogP) is 7.72. The van der Waals surface area contributed by atoms with E-state index < -0.39 is 0 Å². The smallest absolute Gasteiger partial charge is 0.0543 e. The van der Waals surface area contributed by atoms with Crippen LogP contribution < -0.4 is 0 Å². The molecule has 0 aromatic rings. The number of allylic oxidation sites excluding steroid dienone is 5. The van der Waals surface area contributed by atoms with Crippen LogP contribution in [0, 0.1) is 46.3 Å². The van der Waals surface area contributed by atoms with E-state index in [1.807, 2.05) is 5.57 Å². The zero-order chi connectivity index (χ0) is 21.7. The summed E-state index contributed by atoms with van der Waals surface area (Å²) in [4.78, 5) is 0. The maximum absolute atomic E-state index is 10.3. The van der Waals surface area contributed by atoms with Crippen LogP contribution in [0.5, 0.6) is 0 Å². The molecular formula is C29H46O. The molecule has 30 heavy (non-hydrogen) atoms. The molecule has 0 aromatic heterocycles. The summed E-state index contributed by atoms with van der Waals surface area (Å²) in [6.07, 6.45) is 18.8. The van der Waals surface area contributed by atoms with Gasteiger partial charge in [-0.3, -0.25) is 0 Å². The van der Waals surface area contributed by atoms with E-state index in [4.69, 9.17) is 0 Å². The number of aliphatic hydroxyl groups excluding tert-OH is 1. The Labute approximate surface area is 186 Å². The van der Waals surface area contributed by atoms with Gasteiger partial charge in [0, 0.05) is 0 Å². The van der Waals surface area contributed by atoms with E-state index in [0.29, 0.717) is 28.6 Å². The van der Waals surface area contributed by atoms with Gasteiger partial charge in [-0.15, -0.1) is 0 Å². The zero-order valence-electron chi connectivity index (χ0n) is 20.3. The van der Waals surface area contributed by atoms with Gasteiger partial charge < -0.3 is 5.11 Å². The maximum Gasteiger partial charge on any atom is 0.0543 e. The topological polar surface area (TPSA) is 20.2 Å². The van der Waals surface area contributed by atoms with Gasteiger partial charge in [0.25, 0.3) is 0 Å². The van der Waals surface area contributed by atoms with E-state index in [-0.39, 0.29) is 6.10 Å². The third-order valence-electron chi connectivity index (χ3n) is 10.5. The first-order valence-electron chi connectivity index (χ1n) is 12.9. The Morgan fingerprint density at radius 1 is 1.13 bits per heavy atom. The van der Waals surface area contributed by atoms with Crippen LogP contribution in [-0.4, -0.2) is 11.2 Å². The van der Waals surface area contributed by atoms with Crippen molar-refractivity contribution in [1.82, 2.24) is 0 Å². The summed E-state index contributed by atoms with van der Waals surface area (Å²) in [5.41, 5.74) is 4.04. The van der Waals surface area contributed by atoms with Crippen LogP contribution in [-0.2, 0) is 0 Å². The van der Waals surface area contributed by atoms with Gasteiger partial charge in [-0.25, -0.2) is 0 Å². The molecular weight excluding hydrogens is 364 g/mol. The third kappa shape index (κ3) is 3.58. The van der Waals surface area contributed by atoms with Gasteiger partial charge in [-0.05, 0) is 111 Å². The molecule has 1 heteroatoms. The molecule has 0 heterocycles. The molecule has 0 saturated heterocycles. The SMILES string of the molecule is C=C(C)[C@H](/C=C/[C@@H](C)[C@H]1CCC2C3=CC[C@H]4C[C@@H](O)CC[C@]4(C)C3CC[C@@]21C)CC. The van der Waals surface area contributed by atoms with Gasteiger partial charge >= 0.3 is 0 Å². The fraction of sp³-hybridized carbons (Fsp3) is 0.793. The molecule has 0 amide bonds. The Bertz CT molecular complexity index is 716. The number of aliphatic hydroxyl groups is 1. The first kappa shape index (κ1) is 22.4. The summed E-state index contributed by atoms with van der Waals surface area (Å²) in [6.45, 7) is 16.3. The number of fused-ring (bicyclic) bond motifs is 5. The molecule has 0 bridgehead atoms. The molecule has 0 aliphatic heterocycles. The van der Waals surface area contributed by atoms with Crippen LogP contribution in [0.25, 0.3) is 0 Å². The molecule has 4 aliphatic rings. The Morgan fingerprint density at radius 3 is 2.53 bits per heavy atom. The standard InChI is InChI=1S/C29H46O/c1-7-21(19(2)3)9-8-20(4)25-12-13-26-24-11-10-22-18-23(30)14-16-28(22,5)27(24)15-17-29(25,26)6/h8-9,11,20-23,25-27,30H,2,7,10,12-18H2,1,3-6H3/b9-8+/t20-,21+,22+,23+,25-,26?,27?,28+,29-/m1/s1. The van der Waals surface area contributed by atoms with Crippen molar-refractivity contribution >= 4 is 0 Å². The first-order chi connectivity index (χ1) is 14.2.